The maximum atomic E-state index is 12.9. The first-order chi connectivity index (χ1) is 14.1. The van der Waals surface area contributed by atoms with Crippen LogP contribution in [0.1, 0.15) is 24.0 Å². The molecular weight excluding hydrogens is 376 g/mol. The third-order valence-corrected chi connectivity index (χ3v) is 4.94. The SMILES string of the molecule is CCOC(=O)[C@@H]1Oc2c(c(=O)oc3ccccc23)[C@@H]1c1ccc(OC)c(OC)c1. The smallest absolute Gasteiger partial charge is 0.348 e. The molecule has 0 bridgehead atoms. The van der Waals surface area contributed by atoms with E-state index in [0.717, 1.165) is 0 Å². The fraction of sp³-hybridized carbons (Fsp3) is 0.273. The number of benzene rings is 2. The molecule has 0 saturated heterocycles. The van der Waals surface area contributed by atoms with Gasteiger partial charge in [0, 0.05) is 0 Å². The van der Waals surface area contributed by atoms with E-state index in [4.69, 9.17) is 23.4 Å². The molecule has 1 aliphatic rings. The lowest BCUT2D eigenvalue weighted by Crippen LogP contribution is -2.32. The fourth-order valence-corrected chi connectivity index (χ4v) is 3.67. The van der Waals surface area contributed by atoms with Crippen molar-refractivity contribution in [3.05, 3.63) is 64.0 Å². The van der Waals surface area contributed by atoms with Gasteiger partial charge in [0.15, 0.2) is 11.5 Å². The van der Waals surface area contributed by atoms with Crippen molar-refractivity contribution in [2.45, 2.75) is 18.9 Å². The van der Waals surface area contributed by atoms with Gasteiger partial charge in [-0.15, -0.1) is 0 Å². The molecule has 0 aliphatic carbocycles. The second kappa shape index (κ2) is 7.50. The Bertz CT molecular complexity index is 1130. The number of carbonyl (C=O) groups is 1. The van der Waals surface area contributed by atoms with E-state index in [1.807, 2.05) is 6.07 Å². The van der Waals surface area contributed by atoms with Gasteiger partial charge in [-0.25, -0.2) is 9.59 Å². The summed E-state index contributed by atoms with van der Waals surface area (Å²) in [7, 11) is 3.05. The summed E-state index contributed by atoms with van der Waals surface area (Å²) in [6.45, 7) is 1.91. The average Bonchev–Trinajstić information content (AvgIpc) is 3.15. The first-order valence-corrected chi connectivity index (χ1v) is 9.20. The molecule has 2 aromatic carbocycles. The lowest BCUT2D eigenvalue weighted by molar-refractivity contribution is -0.151. The van der Waals surface area contributed by atoms with Gasteiger partial charge in [0.1, 0.15) is 11.3 Å². The van der Waals surface area contributed by atoms with E-state index in [1.165, 1.54) is 14.2 Å². The van der Waals surface area contributed by atoms with Crippen molar-refractivity contribution in [1.29, 1.82) is 0 Å². The Balaban J connectivity index is 1.94. The summed E-state index contributed by atoms with van der Waals surface area (Å²) < 4.78 is 27.4. The van der Waals surface area contributed by atoms with Crippen LogP contribution in [0, 0.1) is 0 Å². The standard InChI is InChI=1S/C22H20O7/c1-4-27-22(24)20-17(12-9-10-15(25-2)16(11-12)26-3)18-19(29-20)13-7-5-6-8-14(13)28-21(18)23/h5-11,17,20H,4H2,1-3H3/t17-,20+/m0/s1. The maximum Gasteiger partial charge on any atom is 0.348 e. The number of para-hydroxylation sites is 1. The average molecular weight is 396 g/mol. The number of methoxy groups -OCH3 is 2. The summed E-state index contributed by atoms with van der Waals surface area (Å²) in [5.41, 5.74) is 0.785. The van der Waals surface area contributed by atoms with Crippen LogP contribution < -0.4 is 19.8 Å². The van der Waals surface area contributed by atoms with Crippen LogP contribution in [0.3, 0.4) is 0 Å². The van der Waals surface area contributed by atoms with Crippen molar-refractivity contribution in [3.63, 3.8) is 0 Å². The predicted octanol–water partition coefficient (Wildman–Crippen LogP) is 3.27. The first kappa shape index (κ1) is 18.9. The van der Waals surface area contributed by atoms with Crippen LogP contribution in [0.15, 0.2) is 51.7 Å². The minimum absolute atomic E-state index is 0.197. The Morgan fingerprint density at radius 1 is 1.07 bits per heavy atom. The molecule has 1 aromatic heterocycles. The zero-order chi connectivity index (χ0) is 20.5. The molecule has 0 unspecified atom stereocenters. The highest BCUT2D eigenvalue weighted by Crippen LogP contribution is 2.45. The largest absolute Gasteiger partial charge is 0.493 e. The van der Waals surface area contributed by atoms with E-state index >= 15 is 0 Å². The van der Waals surface area contributed by atoms with Crippen LogP contribution >= 0.6 is 0 Å². The summed E-state index contributed by atoms with van der Waals surface area (Å²) in [6, 6.07) is 12.3. The first-order valence-electron chi connectivity index (χ1n) is 9.20. The molecule has 0 fully saturated rings. The third-order valence-electron chi connectivity index (χ3n) is 4.94. The second-order valence-corrected chi connectivity index (χ2v) is 6.51. The second-order valence-electron chi connectivity index (χ2n) is 6.51. The third kappa shape index (κ3) is 3.08. The Kier molecular flexibility index (Phi) is 4.88. The van der Waals surface area contributed by atoms with Crippen LogP contribution in [0.4, 0.5) is 0 Å². The van der Waals surface area contributed by atoms with Gasteiger partial charge in [-0.05, 0) is 36.8 Å². The van der Waals surface area contributed by atoms with Crippen molar-refractivity contribution < 1.29 is 28.2 Å². The summed E-state index contributed by atoms with van der Waals surface area (Å²) >= 11 is 0. The number of carbonyl (C=O) groups excluding carboxylic acids is 1. The molecule has 7 nitrogen and oxygen atoms in total. The fourth-order valence-electron chi connectivity index (χ4n) is 3.67. The summed E-state index contributed by atoms with van der Waals surface area (Å²) in [6.07, 6.45) is -1.02. The van der Waals surface area contributed by atoms with Gasteiger partial charge in [-0.3, -0.25) is 0 Å². The molecule has 150 valence electrons. The number of hydrogen-bond donors (Lipinski definition) is 0. The lowest BCUT2D eigenvalue weighted by Gasteiger charge is -2.18. The zero-order valence-corrected chi connectivity index (χ0v) is 16.3. The molecule has 4 rings (SSSR count). The number of ether oxygens (including phenoxy) is 4. The molecule has 3 aromatic rings. The molecule has 0 amide bonds. The highest BCUT2D eigenvalue weighted by atomic mass is 16.6. The van der Waals surface area contributed by atoms with E-state index in [1.54, 1.807) is 43.3 Å². The van der Waals surface area contributed by atoms with Crippen molar-refractivity contribution >= 4 is 16.9 Å². The Hall–Kier alpha value is -3.48. The normalized spacial score (nSPS) is 17.5. The van der Waals surface area contributed by atoms with E-state index in [0.29, 0.717) is 33.8 Å². The van der Waals surface area contributed by atoms with Crippen LogP contribution in [-0.2, 0) is 9.53 Å². The maximum absolute atomic E-state index is 12.9. The van der Waals surface area contributed by atoms with Crippen molar-refractivity contribution in [3.8, 4) is 17.2 Å². The monoisotopic (exact) mass is 396 g/mol. The van der Waals surface area contributed by atoms with Crippen LogP contribution in [0.25, 0.3) is 11.0 Å². The lowest BCUT2D eigenvalue weighted by atomic mass is 9.88. The van der Waals surface area contributed by atoms with Gasteiger partial charge in [0.05, 0.1) is 37.7 Å². The van der Waals surface area contributed by atoms with Gasteiger partial charge in [0.25, 0.3) is 0 Å². The van der Waals surface area contributed by atoms with E-state index in [-0.39, 0.29) is 12.2 Å². The molecular formula is C22H20O7. The summed E-state index contributed by atoms with van der Waals surface area (Å²) in [5.74, 6) is 0.103. The van der Waals surface area contributed by atoms with Gasteiger partial charge in [0.2, 0.25) is 6.10 Å². The number of rotatable bonds is 5. The number of hydrogen-bond acceptors (Lipinski definition) is 7. The zero-order valence-electron chi connectivity index (χ0n) is 16.3. The molecule has 1 aliphatic heterocycles. The topological polar surface area (TPSA) is 84.2 Å². The Labute approximate surface area is 166 Å². The molecule has 0 spiro atoms. The van der Waals surface area contributed by atoms with E-state index < -0.39 is 23.6 Å². The van der Waals surface area contributed by atoms with Gasteiger partial charge >= 0.3 is 11.6 Å². The number of esters is 1. The minimum atomic E-state index is -1.02. The molecule has 0 saturated carbocycles. The molecule has 2 atom stereocenters. The highest BCUT2D eigenvalue weighted by molar-refractivity contribution is 5.88. The molecule has 7 heteroatoms. The Morgan fingerprint density at radius 3 is 2.55 bits per heavy atom. The molecule has 0 radical (unpaired) electrons. The van der Waals surface area contributed by atoms with Crippen molar-refractivity contribution in [1.82, 2.24) is 0 Å². The Morgan fingerprint density at radius 2 is 1.83 bits per heavy atom. The van der Waals surface area contributed by atoms with Crippen LogP contribution in [0.2, 0.25) is 0 Å². The van der Waals surface area contributed by atoms with E-state index in [9.17, 15) is 9.59 Å². The molecule has 0 N–H and O–H groups in total. The number of fused-ring (bicyclic) bond motifs is 3. The van der Waals surface area contributed by atoms with Crippen molar-refractivity contribution in [2.75, 3.05) is 20.8 Å². The quantitative estimate of drug-likeness (QED) is 0.483. The van der Waals surface area contributed by atoms with Crippen LogP contribution in [-0.4, -0.2) is 32.9 Å². The van der Waals surface area contributed by atoms with Gasteiger partial charge in [-0.2, -0.15) is 0 Å². The molecule has 2 heterocycles. The minimum Gasteiger partial charge on any atom is -0.493 e. The van der Waals surface area contributed by atoms with Crippen LogP contribution in [0.5, 0.6) is 17.2 Å². The van der Waals surface area contributed by atoms with Gasteiger partial charge in [-0.1, -0.05) is 18.2 Å². The predicted molar refractivity (Wildman–Crippen MR) is 105 cm³/mol. The van der Waals surface area contributed by atoms with Crippen molar-refractivity contribution in [2.24, 2.45) is 0 Å². The summed E-state index contributed by atoms with van der Waals surface area (Å²) in [4.78, 5) is 25.5. The van der Waals surface area contributed by atoms with E-state index in [2.05, 4.69) is 0 Å². The van der Waals surface area contributed by atoms with Gasteiger partial charge < -0.3 is 23.4 Å². The summed E-state index contributed by atoms with van der Waals surface area (Å²) in [5, 5.41) is 0.624. The molecule has 29 heavy (non-hydrogen) atoms. The highest BCUT2D eigenvalue weighted by Gasteiger charge is 2.45.